The molecule has 2 fully saturated rings. The van der Waals surface area contributed by atoms with Crippen LogP contribution in [0.3, 0.4) is 0 Å². The van der Waals surface area contributed by atoms with Crippen LogP contribution in [-0.2, 0) is 42.2 Å². The minimum atomic E-state index is -0.443. The van der Waals surface area contributed by atoms with Crippen LogP contribution in [-0.4, -0.2) is 68.5 Å². The highest BCUT2D eigenvalue weighted by Gasteiger charge is 2.44. The first-order valence-corrected chi connectivity index (χ1v) is 16.1. The number of carbonyl (C=O) groups is 1. The van der Waals surface area contributed by atoms with Gasteiger partial charge in [0.05, 0.1) is 19.3 Å². The van der Waals surface area contributed by atoms with Crippen LogP contribution >= 0.6 is 0 Å². The second-order valence-electron chi connectivity index (χ2n) is 12.7. The molecule has 228 valence electrons. The monoisotopic (exact) mass is 577 g/mol. The van der Waals surface area contributed by atoms with Crippen LogP contribution in [0.5, 0.6) is 0 Å². The molecule has 0 bridgehead atoms. The van der Waals surface area contributed by atoms with Gasteiger partial charge in [0.1, 0.15) is 11.4 Å². The highest BCUT2D eigenvalue weighted by atomic mass is 16.5. The van der Waals surface area contributed by atoms with E-state index in [1.807, 2.05) is 0 Å². The number of carbonyl (C=O) groups excluding carboxylic acids is 1. The van der Waals surface area contributed by atoms with Gasteiger partial charge in [0.2, 0.25) is 0 Å². The summed E-state index contributed by atoms with van der Waals surface area (Å²) in [6, 6.07) is 11.1. The number of aromatic nitrogens is 1. The fraction of sp³-hybridized carbons (Fsp3) is 0.647. The highest BCUT2D eigenvalue weighted by molar-refractivity contribution is 5.47. The van der Waals surface area contributed by atoms with Gasteiger partial charge in [0.25, 0.3) is 6.47 Å². The third kappa shape index (κ3) is 6.23. The number of anilines is 1. The van der Waals surface area contributed by atoms with Crippen molar-refractivity contribution in [2.75, 3.05) is 45.3 Å². The molecular formula is C34H47N3O5. The van der Waals surface area contributed by atoms with Crippen molar-refractivity contribution in [3.05, 3.63) is 58.3 Å². The Morgan fingerprint density at radius 1 is 1.21 bits per heavy atom. The summed E-state index contributed by atoms with van der Waals surface area (Å²) in [5.74, 6) is 1.29. The van der Waals surface area contributed by atoms with Gasteiger partial charge in [-0.05, 0) is 94.0 Å². The molecule has 1 aromatic heterocycles. The number of aryl methyl sites for hydroxylation is 2. The number of nitrogens with one attached hydrogen (secondary N) is 1. The third-order valence-electron chi connectivity index (χ3n) is 9.82. The fourth-order valence-corrected chi connectivity index (χ4v) is 7.52. The number of hydrogen-bond acceptors (Lipinski definition) is 8. The van der Waals surface area contributed by atoms with Crippen LogP contribution in [0.2, 0.25) is 0 Å². The van der Waals surface area contributed by atoms with E-state index < -0.39 is 11.8 Å². The van der Waals surface area contributed by atoms with Gasteiger partial charge >= 0.3 is 0 Å². The van der Waals surface area contributed by atoms with Gasteiger partial charge in [-0.3, -0.25) is 9.69 Å². The van der Waals surface area contributed by atoms with E-state index in [1.54, 1.807) is 0 Å². The molecule has 0 radical (unpaired) electrons. The molecule has 4 unspecified atom stereocenters. The van der Waals surface area contributed by atoms with E-state index in [2.05, 4.69) is 54.5 Å². The Kier molecular flexibility index (Phi) is 9.44. The predicted octanol–water partition coefficient (Wildman–Crippen LogP) is 5.64. The summed E-state index contributed by atoms with van der Waals surface area (Å²) in [5, 5.41) is 3.43. The largest absolute Gasteiger partial charge is 0.444 e. The summed E-state index contributed by atoms with van der Waals surface area (Å²) in [7, 11) is 2.09. The van der Waals surface area contributed by atoms with Crippen LogP contribution in [0.25, 0.3) is 0 Å². The summed E-state index contributed by atoms with van der Waals surface area (Å²) in [5.41, 5.74) is 5.62. The van der Waals surface area contributed by atoms with Crippen LogP contribution in [0, 0.1) is 0 Å². The molecule has 8 heteroatoms. The van der Waals surface area contributed by atoms with Crippen molar-refractivity contribution in [3.8, 4) is 0 Å². The number of fused-ring (bicyclic) bond motifs is 3. The highest BCUT2D eigenvalue weighted by Crippen LogP contribution is 2.46. The number of unbranched alkanes of at least 4 members (excludes halogenated alkanes) is 1. The molecule has 5 atom stereocenters. The molecule has 1 N–H and O–H groups in total. The molecule has 3 aliphatic heterocycles. The first-order chi connectivity index (χ1) is 20.6. The lowest BCUT2D eigenvalue weighted by Crippen LogP contribution is -2.44. The summed E-state index contributed by atoms with van der Waals surface area (Å²) in [6.45, 7) is 6.59. The van der Waals surface area contributed by atoms with E-state index in [4.69, 9.17) is 23.9 Å². The Bertz CT molecular complexity index is 1220. The number of rotatable bonds is 11. The SMILES string of the molecule is CC1COC2(CCCOC2)c2cccc(C(OC=O)N(C)[C@H]3CCC(OCCCCc4ccc5c(n4)NCCC5)C3)c21. The molecule has 1 saturated heterocycles. The Labute approximate surface area is 250 Å². The van der Waals surface area contributed by atoms with E-state index in [1.165, 1.54) is 23.1 Å². The van der Waals surface area contributed by atoms with E-state index in [0.29, 0.717) is 19.7 Å². The van der Waals surface area contributed by atoms with Crippen LogP contribution in [0.1, 0.15) is 98.4 Å². The zero-order valence-corrected chi connectivity index (χ0v) is 25.3. The fourth-order valence-electron chi connectivity index (χ4n) is 7.52. The minimum Gasteiger partial charge on any atom is -0.444 e. The maximum absolute atomic E-state index is 11.8. The number of benzene rings is 1. The van der Waals surface area contributed by atoms with Gasteiger partial charge in [-0.15, -0.1) is 0 Å². The predicted molar refractivity (Wildman–Crippen MR) is 162 cm³/mol. The van der Waals surface area contributed by atoms with Gasteiger partial charge in [0, 0.05) is 43.0 Å². The third-order valence-corrected chi connectivity index (χ3v) is 9.82. The normalized spacial score (nSPS) is 27.7. The molecule has 4 aliphatic rings. The van der Waals surface area contributed by atoms with Crippen molar-refractivity contribution >= 4 is 12.3 Å². The maximum atomic E-state index is 11.8. The van der Waals surface area contributed by atoms with Gasteiger partial charge in [0.15, 0.2) is 6.23 Å². The van der Waals surface area contributed by atoms with Gasteiger partial charge in [-0.2, -0.15) is 0 Å². The van der Waals surface area contributed by atoms with Gasteiger partial charge in [-0.1, -0.05) is 31.2 Å². The Morgan fingerprint density at radius 2 is 2.14 bits per heavy atom. The van der Waals surface area contributed by atoms with Crippen molar-refractivity contribution in [1.29, 1.82) is 0 Å². The van der Waals surface area contributed by atoms with Crippen molar-refractivity contribution in [1.82, 2.24) is 9.88 Å². The Balaban J connectivity index is 1.04. The first-order valence-electron chi connectivity index (χ1n) is 16.1. The number of nitrogens with zero attached hydrogens (tertiary/aromatic N) is 2. The molecule has 0 amide bonds. The van der Waals surface area contributed by atoms with Crippen LogP contribution in [0.15, 0.2) is 30.3 Å². The molecule has 1 spiro atoms. The number of ether oxygens (including phenoxy) is 4. The first kappa shape index (κ1) is 29.5. The molecule has 1 aliphatic carbocycles. The lowest BCUT2D eigenvalue weighted by Gasteiger charge is -2.45. The summed E-state index contributed by atoms with van der Waals surface area (Å²) in [4.78, 5) is 18.8. The van der Waals surface area contributed by atoms with Crippen molar-refractivity contribution in [2.45, 2.75) is 101 Å². The van der Waals surface area contributed by atoms with Gasteiger partial charge in [-0.25, -0.2) is 4.98 Å². The molecule has 1 aromatic carbocycles. The zero-order valence-electron chi connectivity index (χ0n) is 25.3. The average Bonchev–Trinajstić information content (AvgIpc) is 3.51. The van der Waals surface area contributed by atoms with E-state index in [-0.39, 0.29) is 18.1 Å². The lowest BCUT2D eigenvalue weighted by molar-refractivity contribution is -0.149. The van der Waals surface area contributed by atoms with E-state index in [9.17, 15) is 4.79 Å². The molecule has 4 heterocycles. The molecular weight excluding hydrogens is 530 g/mol. The topological polar surface area (TPSA) is 82.2 Å². The minimum absolute atomic E-state index is 0.210. The van der Waals surface area contributed by atoms with Crippen LogP contribution in [0.4, 0.5) is 5.82 Å². The Hall–Kier alpha value is -2.52. The van der Waals surface area contributed by atoms with Crippen molar-refractivity contribution in [3.63, 3.8) is 0 Å². The molecule has 6 rings (SSSR count). The second-order valence-corrected chi connectivity index (χ2v) is 12.7. The second kappa shape index (κ2) is 13.4. The smallest absolute Gasteiger partial charge is 0.294 e. The molecule has 42 heavy (non-hydrogen) atoms. The maximum Gasteiger partial charge on any atom is 0.294 e. The molecule has 1 saturated carbocycles. The van der Waals surface area contributed by atoms with Crippen molar-refractivity contribution < 1.29 is 23.7 Å². The number of pyridine rings is 1. The molecule has 2 aromatic rings. The Morgan fingerprint density at radius 3 is 3.00 bits per heavy atom. The van der Waals surface area contributed by atoms with Crippen molar-refractivity contribution in [2.24, 2.45) is 0 Å². The lowest BCUT2D eigenvalue weighted by atomic mass is 9.77. The molecule has 8 nitrogen and oxygen atoms in total. The zero-order chi connectivity index (χ0) is 28.9. The number of hydrogen-bond donors (Lipinski definition) is 1. The quantitative estimate of drug-likeness (QED) is 0.209. The summed E-state index contributed by atoms with van der Waals surface area (Å²) >= 11 is 0. The van der Waals surface area contributed by atoms with Gasteiger partial charge < -0.3 is 24.3 Å². The van der Waals surface area contributed by atoms with E-state index >= 15 is 0 Å². The summed E-state index contributed by atoms with van der Waals surface area (Å²) < 4.78 is 24.5. The average molecular weight is 578 g/mol. The van der Waals surface area contributed by atoms with E-state index in [0.717, 1.165) is 94.6 Å². The standard InChI is InChI=1S/C34H47N3O5/c1-24-21-42-34(16-7-18-39-22-34)30-11-5-10-29(31(24)30)33(41-23-38)37(2)27-14-15-28(20-27)40-19-4-3-9-26-13-12-25-8-6-17-35-32(25)36-26/h5,10-13,23-24,27-28,33H,3-4,6-9,14-22H2,1-2H3,(H,35,36)/t24?,27-,28?,33?,34?/m0/s1. The van der Waals surface area contributed by atoms with Crippen LogP contribution < -0.4 is 5.32 Å². The summed E-state index contributed by atoms with van der Waals surface area (Å²) in [6.07, 6.45) is 10.1.